The molecule has 0 bridgehead atoms. The van der Waals surface area contributed by atoms with Crippen molar-refractivity contribution in [3.8, 4) is 0 Å². The van der Waals surface area contributed by atoms with Crippen LogP contribution in [0.3, 0.4) is 0 Å². The highest BCUT2D eigenvalue weighted by Crippen LogP contribution is 2.04. The average molecular weight is 320 g/mol. The van der Waals surface area contributed by atoms with Gasteiger partial charge in [0.05, 0.1) is 18.3 Å². The van der Waals surface area contributed by atoms with E-state index in [0.717, 1.165) is 5.69 Å². The molecule has 0 amide bonds. The van der Waals surface area contributed by atoms with Gasteiger partial charge in [0.15, 0.2) is 0 Å². The number of carbonyl (C=O) groups excluding carboxylic acids is 2. The number of rotatable bonds is 6. The fourth-order valence-corrected chi connectivity index (χ4v) is 2.02. The second-order valence-electron chi connectivity index (χ2n) is 5.39. The summed E-state index contributed by atoms with van der Waals surface area (Å²) in [5.74, 6) is -1.63. The highest BCUT2D eigenvalue weighted by Gasteiger charge is 2.24. The molecule has 9 nitrogen and oxygen atoms in total. The zero-order valence-corrected chi connectivity index (χ0v) is 13.0. The fraction of sp³-hybridized carbons (Fsp3) is 0.429. The number of nitrogens with zero attached hydrogens (tertiary/aromatic N) is 4. The van der Waals surface area contributed by atoms with Gasteiger partial charge in [-0.3, -0.25) is 0 Å². The van der Waals surface area contributed by atoms with Crippen LogP contribution in [0.25, 0.3) is 0 Å². The second-order valence-corrected chi connectivity index (χ2v) is 5.39. The van der Waals surface area contributed by atoms with Crippen LogP contribution in [0.5, 0.6) is 0 Å². The van der Waals surface area contributed by atoms with Crippen LogP contribution in [-0.2, 0) is 41.3 Å². The molecule has 23 heavy (non-hydrogen) atoms. The molecule has 0 aliphatic heterocycles. The predicted molar refractivity (Wildman–Crippen MR) is 80.9 cm³/mol. The maximum atomic E-state index is 11.9. The minimum atomic E-state index is -0.974. The van der Waals surface area contributed by atoms with Gasteiger partial charge in [0, 0.05) is 45.0 Å². The third-order valence-corrected chi connectivity index (χ3v) is 3.34. The molecule has 0 saturated carbocycles. The molecule has 4 N–H and O–H groups in total. The predicted octanol–water partition coefficient (Wildman–Crippen LogP) is -1.34. The Kier molecular flexibility index (Phi) is 5.24. The fourth-order valence-electron chi connectivity index (χ4n) is 2.02. The van der Waals surface area contributed by atoms with E-state index in [4.69, 9.17) is 16.2 Å². The van der Waals surface area contributed by atoms with Crippen molar-refractivity contribution in [1.29, 1.82) is 0 Å². The van der Waals surface area contributed by atoms with Crippen LogP contribution in [-0.4, -0.2) is 43.1 Å². The van der Waals surface area contributed by atoms with E-state index in [-0.39, 0.29) is 12.8 Å². The lowest BCUT2D eigenvalue weighted by Crippen LogP contribution is -2.41. The summed E-state index contributed by atoms with van der Waals surface area (Å²) in [6.07, 6.45) is 6.94. The van der Waals surface area contributed by atoms with Crippen LogP contribution in [0, 0.1) is 0 Å². The topological polar surface area (TPSA) is 131 Å². The molecule has 0 aromatic carbocycles. The van der Waals surface area contributed by atoms with Crippen molar-refractivity contribution in [3.05, 3.63) is 36.4 Å². The second kappa shape index (κ2) is 7.16. The number of esters is 2. The number of hydrogen-bond donors (Lipinski definition) is 2. The average Bonchev–Trinajstić information content (AvgIpc) is 3.08. The molecule has 9 heteroatoms. The zero-order chi connectivity index (χ0) is 17.0. The molecule has 2 atom stereocenters. The van der Waals surface area contributed by atoms with E-state index in [0.29, 0.717) is 5.69 Å². The first-order chi connectivity index (χ1) is 10.9. The largest absolute Gasteiger partial charge is 0.391 e. The Morgan fingerprint density at radius 2 is 1.83 bits per heavy atom. The van der Waals surface area contributed by atoms with Crippen LogP contribution >= 0.6 is 0 Å². The Labute approximate surface area is 133 Å². The molecule has 0 unspecified atom stereocenters. The van der Waals surface area contributed by atoms with Crippen molar-refractivity contribution in [2.75, 3.05) is 0 Å². The van der Waals surface area contributed by atoms with Crippen molar-refractivity contribution in [2.24, 2.45) is 25.6 Å². The summed E-state index contributed by atoms with van der Waals surface area (Å²) in [5, 5.41) is 0. The van der Waals surface area contributed by atoms with Gasteiger partial charge in [-0.15, -0.1) is 0 Å². The Morgan fingerprint density at radius 3 is 2.35 bits per heavy atom. The minimum absolute atomic E-state index is 0.184. The highest BCUT2D eigenvalue weighted by atomic mass is 16.6. The van der Waals surface area contributed by atoms with Gasteiger partial charge in [-0.1, -0.05) is 0 Å². The van der Waals surface area contributed by atoms with Crippen molar-refractivity contribution < 1.29 is 14.3 Å². The lowest BCUT2D eigenvalue weighted by atomic mass is 10.1. The lowest BCUT2D eigenvalue weighted by Gasteiger charge is -2.13. The van der Waals surface area contributed by atoms with Crippen molar-refractivity contribution >= 4 is 11.9 Å². The number of aromatic nitrogens is 4. The number of ether oxygens (including phenoxy) is 1. The van der Waals surface area contributed by atoms with Gasteiger partial charge in [0.2, 0.25) is 0 Å². The summed E-state index contributed by atoms with van der Waals surface area (Å²) in [6, 6.07) is -1.94. The monoisotopic (exact) mass is 320 g/mol. The highest BCUT2D eigenvalue weighted by molar-refractivity contribution is 5.90. The molecule has 0 aliphatic rings. The Hall–Kier alpha value is -2.52. The summed E-state index contributed by atoms with van der Waals surface area (Å²) in [7, 11) is 3.59. The molecular weight excluding hydrogens is 300 g/mol. The first-order valence-corrected chi connectivity index (χ1v) is 7.05. The van der Waals surface area contributed by atoms with Crippen LogP contribution in [0.1, 0.15) is 11.4 Å². The van der Waals surface area contributed by atoms with E-state index >= 15 is 0 Å². The van der Waals surface area contributed by atoms with Gasteiger partial charge >= 0.3 is 11.9 Å². The van der Waals surface area contributed by atoms with E-state index < -0.39 is 24.0 Å². The lowest BCUT2D eigenvalue weighted by molar-refractivity contribution is -0.161. The van der Waals surface area contributed by atoms with E-state index in [2.05, 4.69) is 9.97 Å². The van der Waals surface area contributed by atoms with E-state index in [1.165, 1.54) is 0 Å². The third kappa shape index (κ3) is 4.47. The molecule has 2 heterocycles. The van der Waals surface area contributed by atoms with Crippen LogP contribution in [0.2, 0.25) is 0 Å². The third-order valence-electron chi connectivity index (χ3n) is 3.34. The normalized spacial score (nSPS) is 13.6. The first kappa shape index (κ1) is 16.8. The minimum Gasteiger partial charge on any atom is -0.391 e. The maximum Gasteiger partial charge on any atom is 0.330 e. The zero-order valence-electron chi connectivity index (χ0n) is 13.0. The number of aryl methyl sites for hydroxylation is 2. The van der Waals surface area contributed by atoms with E-state index in [9.17, 15) is 9.59 Å². The van der Waals surface area contributed by atoms with Crippen LogP contribution < -0.4 is 11.5 Å². The molecule has 0 aliphatic carbocycles. The van der Waals surface area contributed by atoms with Crippen molar-refractivity contribution in [2.45, 2.75) is 24.9 Å². The smallest absolute Gasteiger partial charge is 0.330 e. The summed E-state index contributed by atoms with van der Waals surface area (Å²) in [6.45, 7) is 0. The quantitative estimate of drug-likeness (QED) is 0.497. The molecule has 0 radical (unpaired) electrons. The molecule has 2 aromatic heterocycles. The van der Waals surface area contributed by atoms with Crippen molar-refractivity contribution in [1.82, 2.24) is 19.1 Å². The van der Waals surface area contributed by atoms with Gasteiger partial charge in [-0.05, 0) is 0 Å². The molecule has 124 valence electrons. The molecule has 2 rings (SSSR count). The molecule has 0 saturated heterocycles. The standard InChI is InChI=1S/C14H20N6O3/c1-19-6-9(18-8-19)3-11(15)13(21)23-14(22)12(16)4-10-5-17-7-20(10)2/h5-8,11-12H,3-4,15-16H2,1-2H3/t11-,12-/m0/s1. The van der Waals surface area contributed by atoms with Crippen LogP contribution in [0.4, 0.5) is 0 Å². The number of hydrogen-bond acceptors (Lipinski definition) is 7. The maximum absolute atomic E-state index is 11.9. The first-order valence-electron chi connectivity index (χ1n) is 7.05. The van der Waals surface area contributed by atoms with Crippen LogP contribution in [0.15, 0.2) is 25.0 Å². The van der Waals surface area contributed by atoms with Gasteiger partial charge in [0.25, 0.3) is 0 Å². The number of imidazole rings is 2. The Morgan fingerprint density at radius 1 is 1.17 bits per heavy atom. The van der Waals surface area contributed by atoms with E-state index in [1.807, 2.05) is 0 Å². The molecule has 0 fully saturated rings. The summed E-state index contributed by atoms with van der Waals surface area (Å²) >= 11 is 0. The SMILES string of the molecule is Cn1cnc(C[C@H](N)C(=O)OC(=O)[C@@H](N)Cc2cncn2C)c1. The summed E-state index contributed by atoms with van der Waals surface area (Å²) in [5.41, 5.74) is 12.9. The molecule has 0 spiro atoms. The Balaban J connectivity index is 1.86. The number of carbonyl (C=O) groups is 2. The number of nitrogens with two attached hydrogens (primary N) is 2. The molecular formula is C14H20N6O3. The Bertz CT molecular complexity index is 692. The van der Waals surface area contributed by atoms with Crippen molar-refractivity contribution in [3.63, 3.8) is 0 Å². The van der Waals surface area contributed by atoms with Gasteiger partial charge in [-0.25, -0.2) is 19.6 Å². The van der Waals surface area contributed by atoms with Gasteiger partial charge < -0.3 is 25.3 Å². The molecule has 2 aromatic rings. The summed E-state index contributed by atoms with van der Waals surface area (Å²) < 4.78 is 8.23. The van der Waals surface area contributed by atoms with Gasteiger partial charge in [0.1, 0.15) is 12.1 Å². The van der Waals surface area contributed by atoms with E-state index in [1.54, 1.807) is 48.3 Å². The van der Waals surface area contributed by atoms with Gasteiger partial charge in [-0.2, -0.15) is 0 Å². The summed E-state index contributed by atoms with van der Waals surface area (Å²) in [4.78, 5) is 31.7.